The third kappa shape index (κ3) is 7.27. The van der Waals surface area contributed by atoms with Crippen LogP contribution < -0.4 is 15.6 Å². The molecule has 2 aliphatic carbocycles. The minimum atomic E-state index is -0.484. The molecule has 12 heteroatoms. The van der Waals surface area contributed by atoms with E-state index < -0.39 is 5.82 Å². The molecule has 1 atom stereocenters. The van der Waals surface area contributed by atoms with Crippen molar-refractivity contribution in [3.05, 3.63) is 91.8 Å². The lowest BCUT2D eigenvalue weighted by Gasteiger charge is -2.24. The molecule has 5 aromatic rings. The molecule has 270 valence electrons. The van der Waals surface area contributed by atoms with Crippen LogP contribution in [0.15, 0.2) is 53.5 Å². The van der Waals surface area contributed by atoms with Crippen LogP contribution in [0.2, 0.25) is 10.0 Å². The number of aromatic amines is 2. The first-order chi connectivity index (χ1) is 25.2. The number of nitriles is 1. The van der Waals surface area contributed by atoms with Crippen LogP contribution >= 0.6 is 23.2 Å². The Bertz CT molecular complexity index is 2220. The molecule has 2 bridgehead atoms. The van der Waals surface area contributed by atoms with E-state index in [9.17, 15) is 14.9 Å². The number of fused-ring (bicyclic) bond motifs is 4. The zero-order chi connectivity index (χ0) is 36.5. The molecular formula is C40H41Cl2FN6O3. The van der Waals surface area contributed by atoms with Gasteiger partial charge < -0.3 is 24.9 Å². The number of methoxy groups -OCH3 is 1. The Balaban J connectivity index is 0.000000229. The summed E-state index contributed by atoms with van der Waals surface area (Å²) in [5.41, 5.74) is 4.03. The number of halogens is 3. The van der Waals surface area contributed by atoms with Crippen molar-refractivity contribution >= 4 is 50.9 Å². The summed E-state index contributed by atoms with van der Waals surface area (Å²) in [6.45, 7) is 3.95. The lowest BCUT2D eigenvalue weighted by atomic mass is 9.87. The number of rotatable bonds is 6. The van der Waals surface area contributed by atoms with Crippen molar-refractivity contribution in [2.45, 2.75) is 70.4 Å². The van der Waals surface area contributed by atoms with Gasteiger partial charge in [-0.2, -0.15) is 5.26 Å². The van der Waals surface area contributed by atoms with Gasteiger partial charge in [0, 0.05) is 70.5 Å². The van der Waals surface area contributed by atoms with Crippen LogP contribution in [0.25, 0.3) is 32.9 Å². The fourth-order valence-electron chi connectivity index (χ4n) is 7.62. The second kappa shape index (κ2) is 15.3. The molecule has 0 spiro atoms. The number of aromatic nitrogens is 3. The van der Waals surface area contributed by atoms with E-state index in [-0.39, 0.29) is 40.4 Å². The second-order valence-electron chi connectivity index (χ2n) is 14.1. The van der Waals surface area contributed by atoms with Crippen molar-refractivity contribution in [1.29, 1.82) is 5.26 Å². The molecule has 2 aromatic carbocycles. The third-order valence-corrected chi connectivity index (χ3v) is 11.4. The van der Waals surface area contributed by atoms with Crippen LogP contribution in [0, 0.1) is 35.9 Å². The van der Waals surface area contributed by atoms with E-state index >= 15 is 4.39 Å². The van der Waals surface area contributed by atoms with Crippen molar-refractivity contribution in [3.8, 4) is 22.9 Å². The number of carbonyl (C=O) groups is 1. The highest BCUT2D eigenvalue weighted by Gasteiger charge is 2.39. The number of nitrogens with zero attached hydrogens (tertiary/aromatic N) is 3. The van der Waals surface area contributed by atoms with E-state index in [1.165, 1.54) is 32.6 Å². The van der Waals surface area contributed by atoms with Gasteiger partial charge in [0.15, 0.2) is 5.82 Å². The molecule has 3 aromatic heterocycles. The summed E-state index contributed by atoms with van der Waals surface area (Å²) >= 11 is 12.8. The van der Waals surface area contributed by atoms with Crippen LogP contribution in [0.1, 0.15) is 67.9 Å². The van der Waals surface area contributed by atoms with Gasteiger partial charge in [-0.1, -0.05) is 35.3 Å². The van der Waals surface area contributed by atoms with E-state index in [2.05, 4.69) is 32.4 Å². The fourth-order valence-corrected chi connectivity index (χ4v) is 8.02. The molecule has 1 amide bonds. The highest BCUT2D eigenvalue weighted by atomic mass is 35.5. The van der Waals surface area contributed by atoms with Gasteiger partial charge in [-0.3, -0.25) is 9.59 Å². The van der Waals surface area contributed by atoms with Gasteiger partial charge in [0.2, 0.25) is 5.91 Å². The Kier molecular flexibility index (Phi) is 10.6. The molecule has 9 nitrogen and oxygen atoms in total. The Morgan fingerprint density at radius 2 is 1.94 bits per heavy atom. The molecule has 0 radical (unpaired) electrons. The van der Waals surface area contributed by atoms with Gasteiger partial charge >= 0.3 is 0 Å². The number of likely N-dealkylation sites (tertiary alicyclic amines) is 1. The first-order valence-electron chi connectivity index (χ1n) is 17.9. The molecule has 10 rings (SSSR count). The summed E-state index contributed by atoms with van der Waals surface area (Å²) < 4.78 is 21.1. The summed E-state index contributed by atoms with van der Waals surface area (Å²) in [7, 11) is 1.52. The van der Waals surface area contributed by atoms with Crippen LogP contribution in [0.5, 0.6) is 5.75 Å². The van der Waals surface area contributed by atoms with Crippen LogP contribution in [-0.4, -0.2) is 52.0 Å². The quantitative estimate of drug-likeness (QED) is 0.160. The molecule has 6 heterocycles. The monoisotopic (exact) mass is 742 g/mol. The van der Waals surface area contributed by atoms with E-state index in [1.807, 2.05) is 17.9 Å². The van der Waals surface area contributed by atoms with Crippen LogP contribution in [-0.2, 0) is 11.2 Å². The number of aryl methyl sites for hydroxylation is 2. The number of nitrogens with one attached hydrogen (secondary N) is 3. The molecule has 5 aliphatic rings. The largest absolute Gasteiger partial charge is 0.497 e. The average molecular weight is 744 g/mol. The van der Waals surface area contributed by atoms with Gasteiger partial charge in [-0.05, 0) is 94.2 Å². The summed E-state index contributed by atoms with van der Waals surface area (Å²) in [4.78, 5) is 36.1. The zero-order valence-electron chi connectivity index (χ0n) is 29.2. The Morgan fingerprint density at radius 3 is 2.58 bits per heavy atom. The van der Waals surface area contributed by atoms with Crippen molar-refractivity contribution in [2.75, 3.05) is 20.2 Å². The van der Waals surface area contributed by atoms with E-state index in [0.29, 0.717) is 45.0 Å². The van der Waals surface area contributed by atoms with Crippen LogP contribution in [0.3, 0.4) is 0 Å². The number of pyridine rings is 2. The summed E-state index contributed by atoms with van der Waals surface area (Å²) in [5.74, 6) is 1.59. The van der Waals surface area contributed by atoms with Crippen molar-refractivity contribution in [1.82, 2.24) is 25.2 Å². The molecular weight excluding hydrogens is 702 g/mol. The third-order valence-electron chi connectivity index (χ3n) is 10.6. The lowest BCUT2D eigenvalue weighted by Crippen LogP contribution is -2.31. The highest BCUT2D eigenvalue weighted by Crippen LogP contribution is 2.43. The molecule has 52 heavy (non-hydrogen) atoms. The number of carbonyl (C=O) groups excluding carboxylic acids is 1. The minimum Gasteiger partial charge on any atom is -0.497 e. The minimum absolute atomic E-state index is 0.0117. The smallest absolute Gasteiger partial charge is 0.251 e. The van der Waals surface area contributed by atoms with Crippen molar-refractivity contribution in [3.63, 3.8) is 0 Å². The van der Waals surface area contributed by atoms with Crippen molar-refractivity contribution in [2.24, 2.45) is 11.8 Å². The van der Waals surface area contributed by atoms with Gasteiger partial charge in [-0.25, -0.2) is 9.37 Å². The maximum atomic E-state index is 16.3. The number of amides is 1. The predicted molar refractivity (Wildman–Crippen MR) is 202 cm³/mol. The second-order valence-corrected chi connectivity index (χ2v) is 14.9. The molecule has 5 fully saturated rings. The Morgan fingerprint density at radius 1 is 1.13 bits per heavy atom. The molecule has 3 aliphatic heterocycles. The zero-order valence-corrected chi connectivity index (χ0v) is 30.7. The normalized spacial score (nSPS) is 20.1. The van der Waals surface area contributed by atoms with E-state index in [4.69, 9.17) is 27.9 Å². The number of H-pyrrole nitrogens is 2. The summed E-state index contributed by atoms with van der Waals surface area (Å²) in [6.07, 6.45) is 8.90. The number of benzene rings is 2. The number of hydrogen-bond donors (Lipinski definition) is 3. The first kappa shape index (κ1) is 36.0. The van der Waals surface area contributed by atoms with E-state index in [1.54, 1.807) is 30.5 Å². The standard InChI is InChI=1S/C29H25Cl2FN4O.C6H7NO2.C5H9N/c1-15-19-14-22(23-8-4-12-36(23)29(37)16-9-10-16)35-27(19)20-13-17(5-3-11-33)24(26(32)28(20)34-15)18-6-2-7-21(30)25(18)31;1-9-5-2-3-7-6(8)4-5;1-4-2-5(1)6-3-4/h2,6-7,13-14,16,23,35H,3-5,8-10,12H2,1H3;2-4H,1H3,(H,7,8);4-6H,1-3H2. The van der Waals surface area contributed by atoms with Gasteiger partial charge in [0.1, 0.15) is 11.3 Å². The Hall–Kier alpha value is -4.43. The fraction of sp³-hybridized carbons (Fsp3) is 0.400. The Labute approximate surface area is 311 Å². The molecule has 1 unspecified atom stereocenters. The average Bonchev–Trinajstić information content (AvgIpc) is 3.53. The number of hydrogen-bond acceptors (Lipinski definition) is 6. The lowest BCUT2D eigenvalue weighted by molar-refractivity contribution is -0.133. The maximum absolute atomic E-state index is 16.3. The summed E-state index contributed by atoms with van der Waals surface area (Å²) in [6, 6.07) is 15.3. The van der Waals surface area contributed by atoms with Gasteiger partial charge in [-0.15, -0.1) is 0 Å². The number of ether oxygens (including phenoxy) is 1. The topological polar surface area (TPSA) is 127 Å². The van der Waals surface area contributed by atoms with Crippen LogP contribution in [0.4, 0.5) is 4.39 Å². The SMILES string of the molecule is C1NC2CC1C2.COc1cc[nH]c(=O)c1.Cc1nc2c(F)c(-c3cccc(Cl)c3Cl)c(CCC#N)cc2c2[nH]c(C3CCCN3C(=O)C3CC3)cc12. The summed E-state index contributed by atoms with van der Waals surface area (Å²) in [5, 5.41) is 14.8. The van der Waals surface area contributed by atoms with Gasteiger partial charge in [0.25, 0.3) is 5.56 Å². The predicted octanol–water partition coefficient (Wildman–Crippen LogP) is 8.42. The molecule has 3 saturated heterocycles. The maximum Gasteiger partial charge on any atom is 0.251 e. The molecule has 3 N–H and O–H groups in total. The first-order valence-corrected chi connectivity index (χ1v) is 18.6. The van der Waals surface area contributed by atoms with Gasteiger partial charge in [0.05, 0.1) is 34.8 Å². The van der Waals surface area contributed by atoms with Crippen molar-refractivity contribution < 1.29 is 13.9 Å². The highest BCUT2D eigenvalue weighted by molar-refractivity contribution is 6.43. The van der Waals surface area contributed by atoms with E-state index in [0.717, 1.165) is 60.8 Å². The molecule has 2 saturated carbocycles.